The van der Waals surface area contributed by atoms with Crippen molar-refractivity contribution in [3.05, 3.63) is 48.0 Å². The normalized spacial score (nSPS) is 11.2. The van der Waals surface area contributed by atoms with Crippen molar-refractivity contribution >= 4 is 29.2 Å². The first-order chi connectivity index (χ1) is 14.3. The van der Waals surface area contributed by atoms with Crippen molar-refractivity contribution in [3.8, 4) is 11.5 Å². The molecule has 0 aliphatic carbocycles. The van der Waals surface area contributed by atoms with Crippen LogP contribution in [0.5, 0.6) is 11.5 Å². The third kappa shape index (κ3) is 7.12. The number of carbonyl (C=O) groups excluding carboxylic acids is 3. The van der Waals surface area contributed by atoms with Gasteiger partial charge in [0, 0.05) is 30.8 Å². The van der Waals surface area contributed by atoms with Crippen LogP contribution in [0.2, 0.25) is 0 Å². The van der Waals surface area contributed by atoms with Crippen molar-refractivity contribution in [3.63, 3.8) is 0 Å². The summed E-state index contributed by atoms with van der Waals surface area (Å²) < 4.78 is 15.7. The van der Waals surface area contributed by atoms with Crippen molar-refractivity contribution < 1.29 is 28.6 Å². The molecule has 8 heteroatoms. The van der Waals surface area contributed by atoms with E-state index in [0.717, 1.165) is 5.56 Å². The van der Waals surface area contributed by atoms with Gasteiger partial charge in [0.15, 0.2) is 6.10 Å². The Hall–Kier alpha value is -3.55. The number of nitrogens with one attached hydrogen (secondary N) is 2. The number of ether oxygens (including phenoxy) is 3. The minimum absolute atomic E-state index is 0.110. The van der Waals surface area contributed by atoms with Gasteiger partial charge in [-0.3, -0.25) is 14.4 Å². The van der Waals surface area contributed by atoms with Crippen LogP contribution in [0.4, 0.5) is 11.4 Å². The maximum Gasteiger partial charge on any atom is 0.306 e. The summed E-state index contributed by atoms with van der Waals surface area (Å²) in [6.45, 7) is 2.92. The minimum Gasteiger partial charge on any atom is -0.497 e. The van der Waals surface area contributed by atoms with Gasteiger partial charge in [0.1, 0.15) is 11.5 Å². The van der Waals surface area contributed by atoms with Gasteiger partial charge in [-0.15, -0.1) is 0 Å². The van der Waals surface area contributed by atoms with E-state index in [1.807, 2.05) is 12.1 Å². The number of carbonyl (C=O) groups is 3. The maximum absolute atomic E-state index is 12.3. The van der Waals surface area contributed by atoms with Gasteiger partial charge in [0.05, 0.1) is 14.2 Å². The van der Waals surface area contributed by atoms with E-state index < -0.39 is 18.0 Å². The number of anilines is 2. The van der Waals surface area contributed by atoms with Crippen molar-refractivity contribution in [2.75, 3.05) is 24.9 Å². The SMILES string of the molecule is COc1cc(CCC(=O)O[C@@H](C)C(=O)Nc2ccc(NC(C)=O)cc2)cc(OC)c1. The van der Waals surface area contributed by atoms with Gasteiger partial charge in [0.2, 0.25) is 5.91 Å². The number of esters is 1. The molecule has 0 spiro atoms. The van der Waals surface area contributed by atoms with Gasteiger partial charge in [-0.05, 0) is 55.3 Å². The minimum atomic E-state index is -0.952. The summed E-state index contributed by atoms with van der Waals surface area (Å²) in [5, 5.41) is 5.31. The molecule has 30 heavy (non-hydrogen) atoms. The monoisotopic (exact) mass is 414 g/mol. The molecule has 0 aliphatic heterocycles. The first-order valence-electron chi connectivity index (χ1n) is 9.40. The zero-order valence-corrected chi connectivity index (χ0v) is 17.5. The van der Waals surface area contributed by atoms with E-state index >= 15 is 0 Å². The van der Waals surface area contributed by atoms with Gasteiger partial charge in [-0.2, -0.15) is 0 Å². The highest BCUT2D eigenvalue weighted by Gasteiger charge is 2.18. The van der Waals surface area contributed by atoms with E-state index in [9.17, 15) is 14.4 Å². The molecule has 2 amide bonds. The van der Waals surface area contributed by atoms with Crippen LogP contribution >= 0.6 is 0 Å². The van der Waals surface area contributed by atoms with E-state index in [2.05, 4.69) is 10.6 Å². The van der Waals surface area contributed by atoms with E-state index in [1.54, 1.807) is 44.6 Å². The molecule has 0 unspecified atom stereocenters. The first-order valence-corrected chi connectivity index (χ1v) is 9.40. The Morgan fingerprint density at radius 3 is 1.93 bits per heavy atom. The molecule has 0 radical (unpaired) electrons. The molecule has 0 aromatic heterocycles. The second-order valence-corrected chi connectivity index (χ2v) is 6.60. The van der Waals surface area contributed by atoms with Crippen LogP contribution in [0.3, 0.4) is 0 Å². The van der Waals surface area contributed by atoms with Crippen LogP contribution in [0.15, 0.2) is 42.5 Å². The largest absolute Gasteiger partial charge is 0.497 e. The van der Waals surface area contributed by atoms with E-state index in [4.69, 9.17) is 14.2 Å². The fourth-order valence-corrected chi connectivity index (χ4v) is 2.65. The fraction of sp³-hybridized carbons (Fsp3) is 0.318. The molecule has 0 saturated heterocycles. The van der Waals surface area contributed by atoms with E-state index in [-0.39, 0.29) is 12.3 Å². The van der Waals surface area contributed by atoms with Crippen LogP contribution in [0, 0.1) is 0 Å². The molecule has 1 atom stereocenters. The average Bonchev–Trinajstić information content (AvgIpc) is 2.72. The van der Waals surface area contributed by atoms with E-state index in [0.29, 0.717) is 29.3 Å². The Balaban J connectivity index is 1.84. The lowest BCUT2D eigenvalue weighted by Crippen LogP contribution is -2.30. The maximum atomic E-state index is 12.3. The number of amides is 2. The lowest BCUT2D eigenvalue weighted by Gasteiger charge is -2.14. The molecule has 0 bridgehead atoms. The smallest absolute Gasteiger partial charge is 0.306 e. The molecule has 160 valence electrons. The second kappa shape index (κ2) is 10.8. The Bertz CT molecular complexity index is 873. The summed E-state index contributed by atoms with van der Waals surface area (Å²) in [5.41, 5.74) is 2.01. The number of aryl methyl sites for hydroxylation is 1. The Kier molecular flexibility index (Phi) is 8.22. The van der Waals surface area contributed by atoms with Crippen LogP contribution in [-0.4, -0.2) is 38.1 Å². The lowest BCUT2D eigenvalue weighted by atomic mass is 10.1. The molecular formula is C22H26N2O6. The molecule has 0 heterocycles. The summed E-state index contributed by atoms with van der Waals surface area (Å²) in [4.78, 5) is 35.4. The van der Waals surface area contributed by atoms with Gasteiger partial charge >= 0.3 is 5.97 Å². The lowest BCUT2D eigenvalue weighted by molar-refractivity contribution is -0.153. The van der Waals surface area contributed by atoms with Gasteiger partial charge in [-0.1, -0.05) is 0 Å². The standard InChI is InChI=1S/C22H26N2O6/c1-14(22(27)24-18-8-6-17(7-9-18)23-15(2)25)30-21(26)10-5-16-11-19(28-3)13-20(12-16)29-4/h6-9,11-14H,5,10H2,1-4H3,(H,23,25)(H,24,27)/t14-/m0/s1. The molecule has 0 saturated carbocycles. The van der Waals surface area contributed by atoms with Crippen LogP contribution in [0.1, 0.15) is 25.8 Å². The van der Waals surface area contributed by atoms with Crippen molar-refractivity contribution in [2.45, 2.75) is 32.8 Å². The van der Waals surface area contributed by atoms with Crippen LogP contribution in [0.25, 0.3) is 0 Å². The molecule has 2 rings (SSSR count). The molecule has 8 nitrogen and oxygen atoms in total. The van der Waals surface area contributed by atoms with Gasteiger partial charge < -0.3 is 24.8 Å². The highest BCUT2D eigenvalue weighted by Crippen LogP contribution is 2.23. The summed E-state index contributed by atoms with van der Waals surface area (Å²) >= 11 is 0. The zero-order valence-electron chi connectivity index (χ0n) is 17.5. The zero-order chi connectivity index (χ0) is 22.1. The number of benzene rings is 2. The fourth-order valence-electron chi connectivity index (χ4n) is 2.65. The van der Waals surface area contributed by atoms with Gasteiger partial charge in [0.25, 0.3) is 5.91 Å². The summed E-state index contributed by atoms with van der Waals surface area (Å²) in [6.07, 6.45) is -0.419. The molecule has 2 N–H and O–H groups in total. The average molecular weight is 414 g/mol. The number of hydrogen-bond donors (Lipinski definition) is 2. The Morgan fingerprint density at radius 1 is 0.900 bits per heavy atom. The van der Waals surface area contributed by atoms with Crippen molar-refractivity contribution in [2.24, 2.45) is 0 Å². The highest BCUT2D eigenvalue weighted by molar-refractivity contribution is 5.95. The number of rotatable bonds is 9. The van der Waals surface area contributed by atoms with E-state index in [1.165, 1.54) is 13.8 Å². The number of hydrogen-bond acceptors (Lipinski definition) is 6. The molecule has 0 fully saturated rings. The molecular weight excluding hydrogens is 388 g/mol. The van der Waals surface area contributed by atoms with Crippen molar-refractivity contribution in [1.29, 1.82) is 0 Å². The first kappa shape index (κ1) is 22.7. The summed E-state index contributed by atoms with van der Waals surface area (Å²) in [5.74, 6) is 0.156. The van der Waals surface area contributed by atoms with Crippen LogP contribution in [-0.2, 0) is 25.5 Å². The highest BCUT2D eigenvalue weighted by atomic mass is 16.5. The van der Waals surface area contributed by atoms with Gasteiger partial charge in [-0.25, -0.2) is 0 Å². The third-order valence-electron chi connectivity index (χ3n) is 4.18. The summed E-state index contributed by atoms with van der Waals surface area (Å²) in [6, 6.07) is 12.0. The molecule has 2 aromatic carbocycles. The van der Waals surface area contributed by atoms with Crippen molar-refractivity contribution in [1.82, 2.24) is 0 Å². The molecule has 2 aromatic rings. The predicted octanol–water partition coefficient (Wildman–Crippen LogP) is 3.17. The second-order valence-electron chi connectivity index (χ2n) is 6.60. The summed E-state index contributed by atoms with van der Waals surface area (Å²) in [7, 11) is 3.11. The Morgan fingerprint density at radius 2 is 1.43 bits per heavy atom. The third-order valence-corrected chi connectivity index (χ3v) is 4.18. The van der Waals surface area contributed by atoms with Crippen LogP contribution < -0.4 is 20.1 Å². The topological polar surface area (TPSA) is 103 Å². The quantitative estimate of drug-likeness (QED) is 0.611. The predicted molar refractivity (Wildman–Crippen MR) is 113 cm³/mol. The number of methoxy groups -OCH3 is 2. The Labute approximate surface area is 175 Å². The molecule has 0 aliphatic rings.